The van der Waals surface area contributed by atoms with Gasteiger partial charge in [0, 0.05) is 9.79 Å². The van der Waals surface area contributed by atoms with Crippen molar-refractivity contribution in [2.45, 2.75) is 21.5 Å². The quantitative estimate of drug-likeness (QED) is 0.220. The third kappa shape index (κ3) is 4.05. The Morgan fingerprint density at radius 3 is 2.29 bits per heavy atom. The van der Waals surface area contributed by atoms with Gasteiger partial charge in [-0.3, -0.25) is 19.1 Å². The van der Waals surface area contributed by atoms with Crippen molar-refractivity contribution in [2.24, 2.45) is 0 Å². The maximum Gasteiger partial charge on any atom is 0.262 e. The number of carbonyl (C=O) groups is 1. The summed E-state index contributed by atoms with van der Waals surface area (Å²) >= 11 is 2.92. The van der Waals surface area contributed by atoms with Crippen molar-refractivity contribution in [1.82, 2.24) is 9.55 Å². The Hall–Kier alpha value is -3.75. The molecule has 1 aliphatic heterocycles. The second kappa shape index (κ2) is 9.13. The van der Waals surface area contributed by atoms with Crippen LogP contribution >= 0.6 is 23.5 Å². The highest BCUT2D eigenvalue weighted by Crippen LogP contribution is 2.48. The fourth-order valence-electron chi connectivity index (χ4n) is 4.12. The molecular formula is C27H19N3O3S2. The molecule has 2 aromatic heterocycles. The van der Waals surface area contributed by atoms with Crippen LogP contribution in [0.4, 0.5) is 11.4 Å². The molecule has 35 heavy (non-hydrogen) atoms. The van der Waals surface area contributed by atoms with Gasteiger partial charge in [-0.15, -0.1) is 0 Å². The van der Waals surface area contributed by atoms with Crippen LogP contribution in [0.5, 0.6) is 0 Å². The third-order valence-corrected chi connectivity index (χ3v) is 7.82. The third-order valence-electron chi connectivity index (χ3n) is 5.73. The monoisotopic (exact) mass is 497 g/mol. The minimum Gasteiger partial charge on any atom is -0.467 e. The average molecular weight is 498 g/mol. The number of anilines is 2. The Labute approximate surface area is 209 Å². The number of hydrogen-bond donors (Lipinski definition) is 0. The van der Waals surface area contributed by atoms with Crippen molar-refractivity contribution < 1.29 is 9.21 Å². The highest BCUT2D eigenvalue weighted by molar-refractivity contribution is 8.00. The fraction of sp³-hybridized carbons (Fsp3) is 0.0741. The molecule has 5 aromatic rings. The molecule has 0 radical (unpaired) electrons. The molecule has 1 aliphatic rings. The Balaban J connectivity index is 1.36. The first-order valence-electron chi connectivity index (χ1n) is 11.0. The number of furan rings is 1. The normalized spacial score (nSPS) is 12.4. The van der Waals surface area contributed by atoms with E-state index >= 15 is 0 Å². The fourth-order valence-corrected chi connectivity index (χ4v) is 6.03. The molecule has 1 amide bonds. The van der Waals surface area contributed by atoms with Crippen LogP contribution in [0.15, 0.2) is 115 Å². The second-order valence-corrected chi connectivity index (χ2v) is 9.96. The van der Waals surface area contributed by atoms with Crippen molar-refractivity contribution >= 4 is 51.7 Å². The summed E-state index contributed by atoms with van der Waals surface area (Å²) < 4.78 is 7.06. The lowest BCUT2D eigenvalue weighted by atomic mass is 10.2. The molecule has 3 aromatic carbocycles. The van der Waals surface area contributed by atoms with Crippen LogP contribution in [0.1, 0.15) is 5.76 Å². The van der Waals surface area contributed by atoms with Gasteiger partial charge in [0.15, 0.2) is 5.16 Å². The summed E-state index contributed by atoms with van der Waals surface area (Å²) in [7, 11) is 0. The van der Waals surface area contributed by atoms with Gasteiger partial charge in [-0.05, 0) is 48.5 Å². The van der Waals surface area contributed by atoms with E-state index in [1.165, 1.54) is 11.8 Å². The van der Waals surface area contributed by atoms with Crippen LogP contribution in [0.3, 0.4) is 0 Å². The van der Waals surface area contributed by atoms with Crippen LogP contribution in [-0.4, -0.2) is 21.2 Å². The summed E-state index contributed by atoms with van der Waals surface area (Å²) in [6.45, 7) is 0.242. The van der Waals surface area contributed by atoms with Gasteiger partial charge in [-0.2, -0.15) is 0 Å². The first kappa shape index (κ1) is 21.8. The van der Waals surface area contributed by atoms with Crippen molar-refractivity contribution in [3.8, 4) is 0 Å². The maximum absolute atomic E-state index is 13.6. The summed E-state index contributed by atoms with van der Waals surface area (Å²) in [5.41, 5.74) is 2.17. The maximum atomic E-state index is 13.6. The predicted octanol–water partition coefficient (Wildman–Crippen LogP) is 5.96. The summed E-state index contributed by atoms with van der Waals surface area (Å²) in [6, 6.07) is 26.7. The molecular weight excluding hydrogens is 478 g/mol. The Bertz CT molecular complexity index is 1570. The van der Waals surface area contributed by atoms with E-state index in [-0.39, 0.29) is 23.8 Å². The first-order valence-corrected chi connectivity index (χ1v) is 12.8. The van der Waals surface area contributed by atoms with Crippen LogP contribution in [0.2, 0.25) is 0 Å². The average Bonchev–Trinajstić information content (AvgIpc) is 3.41. The molecule has 0 fully saturated rings. The van der Waals surface area contributed by atoms with Crippen LogP contribution < -0.4 is 10.5 Å². The van der Waals surface area contributed by atoms with E-state index in [9.17, 15) is 9.59 Å². The highest BCUT2D eigenvalue weighted by atomic mass is 32.2. The summed E-state index contributed by atoms with van der Waals surface area (Å²) in [5, 5.41) is 1.01. The van der Waals surface area contributed by atoms with E-state index in [2.05, 4.69) is 0 Å². The van der Waals surface area contributed by atoms with Gasteiger partial charge >= 0.3 is 0 Å². The van der Waals surface area contributed by atoms with Gasteiger partial charge < -0.3 is 4.42 Å². The largest absolute Gasteiger partial charge is 0.467 e. The molecule has 0 atom stereocenters. The number of amides is 1. The van der Waals surface area contributed by atoms with Crippen molar-refractivity contribution in [1.29, 1.82) is 0 Å². The number of hydrogen-bond acceptors (Lipinski definition) is 6. The molecule has 8 heteroatoms. The van der Waals surface area contributed by atoms with Crippen LogP contribution in [0, 0.1) is 0 Å². The molecule has 0 unspecified atom stereocenters. The lowest BCUT2D eigenvalue weighted by Gasteiger charge is -2.31. The predicted molar refractivity (Wildman–Crippen MR) is 139 cm³/mol. The van der Waals surface area contributed by atoms with E-state index in [1.54, 1.807) is 39.6 Å². The Morgan fingerprint density at radius 2 is 1.57 bits per heavy atom. The van der Waals surface area contributed by atoms with Crippen molar-refractivity contribution in [2.75, 3.05) is 10.7 Å². The summed E-state index contributed by atoms with van der Waals surface area (Å²) in [6.07, 6.45) is 1.58. The Kier molecular flexibility index (Phi) is 5.67. The number of benzene rings is 3. The summed E-state index contributed by atoms with van der Waals surface area (Å²) in [5.74, 6) is 0.687. The highest BCUT2D eigenvalue weighted by Gasteiger charge is 2.28. The zero-order valence-electron chi connectivity index (χ0n) is 18.5. The SMILES string of the molecule is O=C(CSc1nc2ccccc2c(=O)n1Cc1ccco1)N1c2ccccc2Sc2ccccc21. The first-order chi connectivity index (χ1) is 17.2. The molecule has 0 saturated heterocycles. The number of fused-ring (bicyclic) bond motifs is 3. The number of aromatic nitrogens is 2. The van der Waals surface area contributed by atoms with Gasteiger partial charge in [0.1, 0.15) is 5.76 Å². The van der Waals surface area contributed by atoms with Gasteiger partial charge in [0.05, 0.1) is 40.8 Å². The molecule has 172 valence electrons. The van der Waals surface area contributed by atoms with Crippen molar-refractivity contribution in [3.63, 3.8) is 0 Å². The smallest absolute Gasteiger partial charge is 0.262 e. The lowest BCUT2D eigenvalue weighted by molar-refractivity contribution is -0.115. The zero-order chi connectivity index (χ0) is 23.8. The second-order valence-electron chi connectivity index (χ2n) is 7.94. The number of para-hydroxylation sites is 3. The number of nitrogens with zero attached hydrogens (tertiary/aromatic N) is 3. The van der Waals surface area contributed by atoms with Crippen LogP contribution in [0.25, 0.3) is 10.9 Å². The zero-order valence-corrected chi connectivity index (χ0v) is 20.1. The van der Waals surface area contributed by atoms with Gasteiger partial charge in [-0.25, -0.2) is 4.98 Å². The number of thioether (sulfide) groups is 1. The minimum absolute atomic E-state index is 0.0813. The number of carbonyl (C=O) groups excluding carboxylic acids is 1. The van der Waals surface area contributed by atoms with E-state index in [4.69, 9.17) is 9.40 Å². The van der Waals surface area contributed by atoms with Gasteiger partial charge in [-0.1, -0.05) is 59.9 Å². The minimum atomic E-state index is -0.160. The lowest BCUT2D eigenvalue weighted by Crippen LogP contribution is -2.30. The summed E-state index contributed by atoms with van der Waals surface area (Å²) in [4.78, 5) is 35.5. The van der Waals surface area contributed by atoms with Gasteiger partial charge in [0.2, 0.25) is 5.91 Å². The molecule has 6 nitrogen and oxygen atoms in total. The molecule has 0 aliphatic carbocycles. The Morgan fingerprint density at radius 1 is 0.886 bits per heavy atom. The molecule has 6 rings (SSSR count). The van der Waals surface area contributed by atoms with E-state index in [1.807, 2.05) is 72.8 Å². The van der Waals surface area contributed by atoms with Crippen molar-refractivity contribution in [3.05, 3.63) is 107 Å². The van der Waals surface area contributed by atoms with E-state index < -0.39 is 0 Å². The topological polar surface area (TPSA) is 68.3 Å². The van der Waals surface area contributed by atoms with Gasteiger partial charge in [0.25, 0.3) is 5.56 Å². The molecule has 0 spiro atoms. The van der Waals surface area contributed by atoms with E-state index in [0.717, 1.165) is 21.2 Å². The van der Waals surface area contributed by atoms with E-state index in [0.29, 0.717) is 21.8 Å². The molecule has 3 heterocycles. The molecule has 0 saturated carbocycles. The van der Waals surface area contributed by atoms with Crippen LogP contribution in [-0.2, 0) is 11.3 Å². The molecule has 0 bridgehead atoms. The molecule has 0 N–H and O–H groups in total. The number of rotatable bonds is 5. The standard InChI is InChI=1S/C27H19N3O3S2/c31-25(30-21-11-3-5-13-23(21)35-24-14-6-4-12-22(24)30)17-34-27-28-20-10-2-1-9-19(20)26(32)29(27)16-18-8-7-15-33-18/h1-15H,16-17H2.